The van der Waals surface area contributed by atoms with Crippen LogP contribution in [0.15, 0.2) is 35.2 Å². The normalized spacial score (nSPS) is 12.2. The number of sulfone groups is 1. The lowest BCUT2D eigenvalue weighted by Crippen LogP contribution is -2.10. The number of carboxylic acid groups (broad SMARTS) is 1. The predicted molar refractivity (Wildman–Crippen MR) is 108 cm³/mol. The number of aromatic nitrogens is 1. The number of carboxylic acids is 1. The third-order valence-electron chi connectivity index (χ3n) is 5.02. The molecule has 31 heavy (non-hydrogen) atoms. The Bertz CT molecular complexity index is 1330. The molecule has 2 aromatic carbocycles. The van der Waals surface area contributed by atoms with E-state index in [9.17, 15) is 31.5 Å². The Morgan fingerprint density at radius 2 is 1.77 bits per heavy atom. The van der Waals surface area contributed by atoms with Crippen molar-refractivity contribution in [3.05, 3.63) is 52.6 Å². The van der Waals surface area contributed by atoms with Gasteiger partial charge in [0, 0.05) is 23.3 Å². The number of methoxy groups -OCH3 is 1. The molecular formula is C21H18F3NO5S. The minimum atomic E-state index is -4.59. The Morgan fingerprint density at radius 1 is 1.13 bits per heavy atom. The van der Waals surface area contributed by atoms with Crippen LogP contribution in [0.25, 0.3) is 22.2 Å². The molecular weight excluding hydrogens is 435 g/mol. The van der Waals surface area contributed by atoms with Gasteiger partial charge in [-0.25, -0.2) is 18.2 Å². The molecule has 1 aromatic heterocycles. The predicted octanol–water partition coefficient (Wildman–Crippen LogP) is 4.65. The second kappa shape index (κ2) is 7.52. The average Bonchev–Trinajstić information content (AvgIpc) is 2.65. The highest BCUT2D eigenvalue weighted by molar-refractivity contribution is 7.90. The van der Waals surface area contributed by atoms with E-state index < -0.39 is 27.5 Å². The lowest BCUT2D eigenvalue weighted by molar-refractivity contribution is -0.138. The highest BCUT2D eigenvalue weighted by atomic mass is 32.2. The second-order valence-electron chi connectivity index (χ2n) is 7.03. The van der Waals surface area contributed by atoms with Gasteiger partial charge in [-0.15, -0.1) is 0 Å². The zero-order chi connectivity index (χ0) is 23.3. The smallest absolute Gasteiger partial charge is 0.416 e. The van der Waals surface area contributed by atoms with E-state index in [0.717, 1.165) is 18.4 Å². The fraction of sp³-hybridized carbons (Fsp3) is 0.238. The van der Waals surface area contributed by atoms with Gasteiger partial charge in [-0.2, -0.15) is 13.2 Å². The van der Waals surface area contributed by atoms with Gasteiger partial charge in [0.1, 0.15) is 10.6 Å². The van der Waals surface area contributed by atoms with Crippen molar-refractivity contribution in [1.82, 2.24) is 4.98 Å². The highest BCUT2D eigenvalue weighted by Crippen LogP contribution is 2.39. The van der Waals surface area contributed by atoms with Crippen molar-refractivity contribution in [3.63, 3.8) is 0 Å². The Labute approximate surface area is 176 Å². The van der Waals surface area contributed by atoms with Crippen molar-refractivity contribution in [2.75, 3.05) is 13.4 Å². The summed E-state index contributed by atoms with van der Waals surface area (Å²) in [6, 6.07) is 6.03. The quantitative estimate of drug-likeness (QED) is 0.618. The van der Waals surface area contributed by atoms with Crippen LogP contribution in [0.4, 0.5) is 13.2 Å². The van der Waals surface area contributed by atoms with Crippen LogP contribution in [-0.2, 0) is 16.0 Å². The number of pyridine rings is 1. The van der Waals surface area contributed by atoms with Crippen LogP contribution >= 0.6 is 0 Å². The fourth-order valence-electron chi connectivity index (χ4n) is 3.55. The first kappa shape index (κ1) is 22.5. The molecule has 0 aliphatic rings. The summed E-state index contributed by atoms with van der Waals surface area (Å²) in [7, 11) is -2.50. The lowest BCUT2D eigenvalue weighted by atomic mass is 9.93. The summed E-state index contributed by atoms with van der Waals surface area (Å²) >= 11 is 0. The van der Waals surface area contributed by atoms with Gasteiger partial charge in [-0.3, -0.25) is 0 Å². The summed E-state index contributed by atoms with van der Waals surface area (Å²) < 4.78 is 69.5. The fourth-order valence-corrected chi connectivity index (χ4v) is 4.39. The molecule has 0 unspecified atom stereocenters. The number of hydrogen-bond acceptors (Lipinski definition) is 5. The maximum absolute atomic E-state index is 13.4. The first-order valence-electron chi connectivity index (χ1n) is 8.90. The van der Waals surface area contributed by atoms with E-state index in [4.69, 9.17) is 4.74 Å². The van der Waals surface area contributed by atoms with Crippen LogP contribution in [0, 0.1) is 13.8 Å². The second-order valence-corrected chi connectivity index (χ2v) is 9.02. The number of aromatic carboxylic acids is 1. The van der Waals surface area contributed by atoms with Crippen molar-refractivity contribution in [2.45, 2.75) is 24.9 Å². The molecule has 0 atom stereocenters. The summed E-state index contributed by atoms with van der Waals surface area (Å²) in [6.07, 6.45) is -3.63. The summed E-state index contributed by atoms with van der Waals surface area (Å²) in [5.74, 6) is -1.41. The van der Waals surface area contributed by atoms with Crippen LogP contribution in [0.3, 0.4) is 0 Å². The number of ether oxygens (including phenoxy) is 1. The molecule has 0 aliphatic carbocycles. The number of rotatable bonds is 4. The van der Waals surface area contributed by atoms with E-state index in [1.807, 2.05) is 0 Å². The molecule has 0 saturated carbocycles. The first-order valence-corrected chi connectivity index (χ1v) is 10.8. The Hall–Kier alpha value is -3.14. The molecule has 0 bridgehead atoms. The molecule has 0 spiro atoms. The van der Waals surface area contributed by atoms with Gasteiger partial charge < -0.3 is 9.84 Å². The minimum Gasteiger partial charge on any atom is -0.495 e. The maximum atomic E-state index is 13.4. The molecule has 3 rings (SSSR count). The molecule has 3 aromatic rings. The van der Waals surface area contributed by atoms with E-state index in [0.29, 0.717) is 0 Å². The van der Waals surface area contributed by atoms with Crippen LogP contribution in [0.1, 0.15) is 27.0 Å². The van der Waals surface area contributed by atoms with E-state index >= 15 is 0 Å². The Morgan fingerprint density at radius 3 is 2.29 bits per heavy atom. The SMILES string of the molecule is COc1cc2nc(-c3cccc(C(F)(F)F)c3C)c(C)c(C(=O)O)c2cc1S(C)(=O)=O. The summed E-state index contributed by atoms with van der Waals surface area (Å²) in [5.41, 5.74) is -0.810. The van der Waals surface area contributed by atoms with Crippen molar-refractivity contribution < 1.29 is 36.2 Å². The third kappa shape index (κ3) is 3.95. The van der Waals surface area contributed by atoms with Crippen molar-refractivity contribution in [2.24, 2.45) is 0 Å². The van der Waals surface area contributed by atoms with Gasteiger partial charge in [-0.1, -0.05) is 12.1 Å². The number of halogens is 3. The zero-order valence-corrected chi connectivity index (χ0v) is 17.8. The monoisotopic (exact) mass is 453 g/mol. The highest BCUT2D eigenvalue weighted by Gasteiger charge is 2.33. The summed E-state index contributed by atoms with van der Waals surface area (Å²) in [4.78, 5) is 16.2. The molecule has 0 radical (unpaired) electrons. The van der Waals surface area contributed by atoms with Crippen LogP contribution in [-0.4, -0.2) is 37.8 Å². The molecule has 0 amide bonds. The Kier molecular flexibility index (Phi) is 5.47. The number of nitrogens with zero attached hydrogens (tertiary/aromatic N) is 1. The summed E-state index contributed by atoms with van der Waals surface area (Å²) in [5, 5.41) is 9.86. The number of hydrogen-bond donors (Lipinski definition) is 1. The van der Waals surface area contributed by atoms with Crippen molar-refractivity contribution in [3.8, 4) is 17.0 Å². The summed E-state index contributed by atoms with van der Waals surface area (Å²) in [6.45, 7) is 2.71. The molecule has 0 aliphatic heterocycles. The third-order valence-corrected chi connectivity index (χ3v) is 6.14. The first-order chi connectivity index (χ1) is 14.3. The van der Waals surface area contributed by atoms with Gasteiger partial charge >= 0.3 is 12.1 Å². The molecule has 10 heteroatoms. The van der Waals surface area contributed by atoms with Crippen LogP contribution in [0.2, 0.25) is 0 Å². The average molecular weight is 453 g/mol. The zero-order valence-electron chi connectivity index (χ0n) is 17.0. The molecule has 0 saturated heterocycles. The Balaban J connectivity index is 2.47. The van der Waals surface area contributed by atoms with Crippen molar-refractivity contribution >= 4 is 26.7 Å². The topological polar surface area (TPSA) is 93.6 Å². The van der Waals surface area contributed by atoms with Crippen LogP contribution in [0.5, 0.6) is 5.75 Å². The van der Waals surface area contributed by atoms with Gasteiger partial charge in [0.05, 0.1) is 29.4 Å². The lowest BCUT2D eigenvalue weighted by Gasteiger charge is -2.18. The van der Waals surface area contributed by atoms with Gasteiger partial charge in [0.15, 0.2) is 9.84 Å². The molecule has 0 fully saturated rings. The largest absolute Gasteiger partial charge is 0.495 e. The molecule has 6 nitrogen and oxygen atoms in total. The molecule has 164 valence electrons. The molecule has 1 heterocycles. The van der Waals surface area contributed by atoms with Crippen LogP contribution < -0.4 is 4.74 Å². The number of benzene rings is 2. The standard InChI is InChI=1S/C21H18F3NO5S/c1-10-12(6-5-7-14(10)21(22,23)24)19-11(2)18(20(26)27)13-8-17(31(4,28)29)16(30-3)9-15(13)25-19/h5-9H,1-4H3,(H,26,27). The van der Waals surface area contributed by atoms with E-state index in [1.54, 1.807) is 0 Å². The number of carbonyl (C=O) groups is 1. The number of alkyl halides is 3. The van der Waals surface area contributed by atoms with E-state index in [-0.39, 0.29) is 49.5 Å². The number of fused-ring (bicyclic) bond motifs is 1. The van der Waals surface area contributed by atoms with Gasteiger partial charge in [-0.05, 0) is 37.1 Å². The van der Waals surface area contributed by atoms with Gasteiger partial charge in [0.25, 0.3) is 0 Å². The minimum absolute atomic E-state index is 0.0413. The maximum Gasteiger partial charge on any atom is 0.416 e. The van der Waals surface area contributed by atoms with Crippen molar-refractivity contribution in [1.29, 1.82) is 0 Å². The molecule has 1 N–H and O–H groups in total. The van der Waals surface area contributed by atoms with E-state index in [2.05, 4.69) is 4.98 Å². The van der Waals surface area contributed by atoms with E-state index in [1.165, 1.54) is 39.2 Å². The van der Waals surface area contributed by atoms with Gasteiger partial charge in [0.2, 0.25) is 0 Å².